The van der Waals surface area contributed by atoms with Gasteiger partial charge in [-0.05, 0) is 67.3 Å². The number of rotatable bonds is 14. The summed E-state index contributed by atoms with van der Waals surface area (Å²) in [7, 11) is 0. The molecule has 0 aliphatic carbocycles. The highest BCUT2D eigenvalue weighted by atomic mass is 32.2. The second-order valence-corrected chi connectivity index (χ2v) is 10.8. The lowest BCUT2D eigenvalue weighted by Crippen LogP contribution is -2.47. The van der Waals surface area contributed by atoms with Crippen LogP contribution in [0.25, 0.3) is 11.0 Å². The first-order chi connectivity index (χ1) is 17.0. The highest BCUT2D eigenvalue weighted by molar-refractivity contribution is 7.98. The Labute approximate surface area is 217 Å². The van der Waals surface area contributed by atoms with Crippen molar-refractivity contribution in [3.8, 4) is 0 Å². The number of hydrogen-bond donors (Lipinski definition) is 2. The molecule has 3 aromatic rings. The van der Waals surface area contributed by atoms with Gasteiger partial charge in [0, 0.05) is 29.4 Å². The highest BCUT2D eigenvalue weighted by Gasteiger charge is 2.22. The number of amides is 2. The number of thiophene rings is 1. The van der Waals surface area contributed by atoms with E-state index in [1.807, 2.05) is 25.1 Å². The van der Waals surface area contributed by atoms with Crippen LogP contribution in [0.15, 0.2) is 35.7 Å². The molecule has 0 aliphatic rings. The number of nitrogens with one attached hydrogen (secondary N) is 2. The van der Waals surface area contributed by atoms with E-state index in [9.17, 15) is 9.59 Å². The molecule has 2 N–H and O–H groups in total. The Balaban J connectivity index is 1.83. The minimum absolute atomic E-state index is 0.112. The van der Waals surface area contributed by atoms with Crippen LogP contribution in [0.5, 0.6) is 0 Å². The molecule has 1 aromatic carbocycles. The molecule has 3 rings (SSSR count). The molecule has 2 aromatic heterocycles. The fourth-order valence-electron chi connectivity index (χ4n) is 4.40. The number of hydrogen-bond acceptors (Lipinski definition) is 5. The Hall–Kier alpha value is -2.32. The molecule has 2 amide bonds. The van der Waals surface area contributed by atoms with Crippen molar-refractivity contribution in [2.75, 3.05) is 18.6 Å². The monoisotopic (exact) mass is 514 g/mol. The van der Waals surface area contributed by atoms with Crippen molar-refractivity contribution in [3.05, 3.63) is 52.0 Å². The van der Waals surface area contributed by atoms with Crippen molar-refractivity contribution in [3.63, 3.8) is 0 Å². The summed E-state index contributed by atoms with van der Waals surface area (Å²) in [5.41, 5.74) is 2.41. The normalized spacial score (nSPS) is 12.3. The van der Waals surface area contributed by atoms with Crippen molar-refractivity contribution >= 4 is 45.9 Å². The number of carbonyl (C=O) groups is 2. The summed E-state index contributed by atoms with van der Waals surface area (Å²) in [4.78, 5) is 32.0. The fraction of sp³-hybridized carbons (Fsp3) is 0.519. The summed E-state index contributed by atoms with van der Waals surface area (Å²) < 4.78 is 2.35. The third kappa shape index (κ3) is 7.10. The lowest BCUT2D eigenvalue weighted by molar-refractivity contribution is -0.123. The zero-order valence-corrected chi connectivity index (χ0v) is 22.9. The molecule has 190 valence electrons. The number of benzene rings is 1. The number of carbonyl (C=O) groups excluding carboxylic acids is 2. The standard InChI is InChI=1S/C27H38N4O2S2/c1-5-10-22(27(33)28-14-9-15-34-4)30-26(32)19-12-13-24-23(17-19)29-25(18-21-11-8-16-35-21)31(24)20(6-2)7-3/h8,11-13,16-17,20,22H,5-7,9-10,14-15,18H2,1-4H3,(H,28,33)(H,30,32)/t22-/m0/s1. The molecule has 2 heterocycles. The zero-order chi connectivity index (χ0) is 25.2. The lowest BCUT2D eigenvalue weighted by Gasteiger charge is -2.19. The van der Waals surface area contributed by atoms with E-state index in [2.05, 4.69) is 52.8 Å². The first-order valence-corrected chi connectivity index (χ1v) is 14.9. The minimum Gasteiger partial charge on any atom is -0.354 e. The van der Waals surface area contributed by atoms with Gasteiger partial charge in [-0.2, -0.15) is 11.8 Å². The molecule has 6 nitrogen and oxygen atoms in total. The molecule has 0 radical (unpaired) electrons. The van der Waals surface area contributed by atoms with Gasteiger partial charge in [-0.3, -0.25) is 9.59 Å². The molecular weight excluding hydrogens is 476 g/mol. The Bertz CT molecular complexity index is 1090. The molecule has 0 aliphatic heterocycles. The number of imidazole rings is 1. The molecule has 0 bridgehead atoms. The third-order valence-electron chi connectivity index (χ3n) is 6.27. The van der Waals surface area contributed by atoms with E-state index < -0.39 is 6.04 Å². The van der Waals surface area contributed by atoms with E-state index in [0.717, 1.165) is 54.7 Å². The summed E-state index contributed by atoms with van der Waals surface area (Å²) in [5, 5.41) is 8.01. The molecule has 8 heteroatoms. The number of fused-ring (bicyclic) bond motifs is 1. The van der Waals surface area contributed by atoms with Gasteiger partial charge in [-0.15, -0.1) is 11.3 Å². The van der Waals surface area contributed by atoms with Crippen LogP contribution in [-0.4, -0.2) is 46.0 Å². The van der Waals surface area contributed by atoms with Crippen molar-refractivity contribution in [1.29, 1.82) is 0 Å². The van der Waals surface area contributed by atoms with Gasteiger partial charge >= 0.3 is 0 Å². The first kappa shape index (κ1) is 27.3. The van der Waals surface area contributed by atoms with Gasteiger partial charge in [-0.1, -0.05) is 33.3 Å². The maximum Gasteiger partial charge on any atom is 0.252 e. The number of aromatic nitrogens is 2. The molecular formula is C27H38N4O2S2. The van der Waals surface area contributed by atoms with Crippen LogP contribution in [-0.2, 0) is 11.2 Å². The predicted octanol–water partition coefficient (Wildman–Crippen LogP) is 5.82. The summed E-state index contributed by atoms with van der Waals surface area (Å²) >= 11 is 3.50. The van der Waals surface area contributed by atoms with E-state index >= 15 is 0 Å². The van der Waals surface area contributed by atoms with Crippen LogP contribution in [0.3, 0.4) is 0 Å². The van der Waals surface area contributed by atoms with Crippen LogP contribution < -0.4 is 10.6 Å². The third-order valence-corrected chi connectivity index (χ3v) is 7.84. The maximum absolute atomic E-state index is 13.1. The summed E-state index contributed by atoms with van der Waals surface area (Å²) in [6.45, 7) is 7.06. The maximum atomic E-state index is 13.1. The first-order valence-electron chi connectivity index (χ1n) is 12.6. The minimum atomic E-state index is -0.533. The molecule has 0 spiro atoms. The van der Waals surface area contributed by atoms with Gasteiger partial charge < -0.3 is 15.2 Å². The predicted molar refractivity (Wildman–Crippen MR) is 149 cm³/mol. The van der Waals surface area contributed by atoms with E-state index in [1.54, 1.807) is 23.1 Å². The number of thioether (sulfide) groups is 1. The Morgan fingerprint density at radius 3 is 2.63 bits per heavy atom. The second kappa shape index (κ2) is 13.7. The Morgan fingerprint density at radius 1 is 1.17 bits per heavy atom. The summed E-state index contributed by atoms with van der Waals surface area (Å²) in [6.07, 6.45) is 7.21. The van der Waals surface area contributed by atoms with Gasteiger partial charge in [0.25, 0.3) is 5.91 Å². The van der Waals surface area contributed by atoms with Gasteiger partial charge in [-0.25, -0.2) is 4.98 Å². The fourth-order valence-corrected chi connectivity index (χ4v) is 5.53. The Kier molecular flexibility index (Phi) is 10.7. The summed E-state index contributed by atoms with van der Waals surface area (Å²) in [6, 6.07) is 9.75. The topological polar surface area (TPSA) is 76.0 Å². The van der Waals surface area contributed by atoms with Crippen molar-refractivity contribution in [1.82, 2.24) is 20.2 Å². The van der Waals surface area contributed by atoms with Gasteiger partial charge in [0.05, 0.1) is 11.0 Å². The van der Waals surface area contributed by atoms with E-state index in [1.165, 1.54) is 4.88 Å². The van der Waals surface area contributed by atoms with E-state index in [4.69, 9.17) is 4.98 Å². The van der Waals surface area contributed by atoms with Crippen LogP contribution in [0, 0.1) is 0 Å². The Morgan fingerprint density at radius 2 is 1.97 bits per heavy atom. The van der Waals surface area contributed by atoms with Crippen LogP contribution in [0.4, 0.5) is 0 Å². The average Bonchev–Trinajstić information content (AvgIpc) is 3.50. The van der Waals surface area contributed by atoms with E-state index in [0.29, 0.717) is 24.6 Å². The van der Waals surface area contributed by atoms with Crippen molar-refractivity contribution < 1.29 is 9.59 Å². The van der Waals surface area contributed by atoms with Crippen LogP contribution >= 0.6 is 23.1 Å². The largest absolute Gasteiger partial charge is 0.354 e. The van der Waals surface area contributed by atoms with Crippen LogP contribution in [0.1, 0.15) is 80.0 Å². The summed E-state index contributed by atoms with van der Waals surface area (Å²) in [5.74, 6) is 1.69. The second-order valence-electron chi connectivity index (χ2n) is 8.78. The van der Waals surface area contributed by atoms with Gasteiger partial charge in [0.2, 0.25) is 5.91 Å². The smallest absolute Gasteiger partial charge is 0.252 e. The molecule has 0 saturated heterocycles. The zero-order valence-electron chi connectivity index (χ0n) is 21.3. The van der Waals surface area contributed by atoms with Crippen LogP contribution in [0.2, 0.25) is 0 Å². The van der Waals surface area contributed by atoms with E-state index in [-0.39, 0.29) is 11.8 Å². The molecule has 35 heavy (non-hydrogen) atoms. The molecule has 1 atom stereocenters. The SMILES string of the molecule is CCC[C@H](NC(=O)c1ccc2c(c1)nc(Cc1cccs1)n2C(CC)CC)C(=O)NCCCSC. The van der Waals surface area contributed by atoms with Crippen molar-refractivity contribution in [2.24, 2.45) is 0 Å². The average molecular weight is 515 g/mol. The van der Waals surface area contributed by atoms with Crippen molar-refractivity contribution in [2.45, 2.75) is 71.4 Å². The quantitative estimate of drug-likeness (QED) is 0.266. The molecule has 0 unspecified atom stereocenters. The van der Waals surface area contributed by atoms with Gasteiger partial charge in [0.15, 0.2) is 0 Å². The lowest BCUT2D eigenvalue weighted by atomic mass is 10.1. The molecule has 0 saturated carbocycles. The van der Waals surface area contributed by atoms with Gasteiger partial charge in [0.1, 0.15) is 11.9 Å². The highest BCUT2D eigenvalue weighted by Crippen LogP contribution is 2.28. The molecule has 0 fully saturated rings. The number of nitrogens with zero attached hydrogens (tertiary/aromatic N) is 2.